The van der Waals surface area contributed by atoms with Gasteiger partial charge >= 0.3 is 0 Å². The molecule has 1 aromatic rings. The van der Waals surface area contributed by atoms with Crippen LogP contribution in [0.1, 0.15) is 36.9 Å². The van der Waals surface area contributed by atoms with Crippen molar-refractivity contribution >= 4 is 11.3 Å². The zero-order valence-electron chi connectivity index (χ0n) is 9.25. The first-order valence-electron chi connectivity index (χ1n) is 5.56. The molecule has 0 radical (unpaired) electrons. The molecule has 3 N–H and O–H groups in total. The lowest BCUT2D eigenvalue weighted by Crippen LogP contribution is -2.37. The zero-order chi connectivity index (χ0) is 10.7. The van der Waals surface area contributed by atoms with E-state index in [-0.39, 0.29) is 0 Å². The molecule has 0 aromatic carbocycles. The zero-order valence-corrected chi connectivity index (χ0v) is 10.1. The van der Waals surface area contributed by atoms with Crippen LogP contribution in [0.3, 0.4) is 0 Å². The van der Waals surface area contributed by atoms with Crippen LogP contribution >= 0.6 is 11.3 Å². The van der Waals surface area contributed by atoms with Crippen molar-refractivity contribution < 1.29 is 0 Å². The normalized spacial score (nSPS) is 18.8. The number of hydrogen-bond acceptors (Lipinski definition) is 4. The average molecular weight is 225 g/mol. The van der Waals surface area contributed by atoms with Gasteiger partial charge in [-0.1, -0.05) is 13.3 Å². The van der Waals surface area contributed by atoms with Crippen LogP contribution in [0.25, 0.3) is 0 Å². The Hall–Kier alpha value is -0.450. The molecule has 3 nitrogen and oxygen atoms in total. The summed E-state index contributed by atoms with van der Waals surface area (Å²) in [4.78, 5) is 4.42. The highest BCUT2D eigenvalue weighted by atomic mass is 32.1. The number of rotatable bonds is 5. The van der Waals surface area contributed by atoms with Crippen LogP contribution in [0.5, 0.6) is 0 Å². The molecule has 1 aliphatic rings. The predicted octanol–water partition coefficient (Wildman–Crippen LogP) is 1.88. The molecule has 0 amide bonds. The van der Waals surface area contributed by atoms with Gasteiger partial charge in [0.2, 0.25) is 0 Å². The maximum atomic E-state index is 5.52. The molecule has 1 saturated carbocycles. The van der Waals surface area contributed by atoms with E-state index in [0.717, 1.165) is 23.8 Å². The molecule has 0 aliphatic heterocycles. The fourth-order valence-electron chi connectivity index (χ4n) is 1.97. The molecule has 0 saturated heterocycles. The summed E-state index contributed by atoms with van der Waals surface area (Å²) in [6.45, 7) is 4.91. The molecule has 4 heteroatoms. The van der Waals surface area contributed by atoms with Gasteiger partial charge in [-0.05, 0) is 18.3 Å². The molecule has 1 heterocycles. The van der Waals surface area contributed by atoms with Gasteiger partial charge in [0.25, 0.3) is 0 Å². The number of nitrogens with zero attached hydrogens (tertiary/aromatic N) is 1. The van der Waals surface area contributed by atoms with Crippen LogP contribution in [0.4, 0.5) is 0 Å². The van der Waals surface area contributed by atoms with Crippen LogP contribution in [0.15, 0.2) is 5.38 Å². The van der Waals surface area contributed by atoms with Crippen LogP contribution in [0, 0.1) is 5.41 Å². The molecule has 84 valence electrons. The van der Waals surface area contributed by atoms with Crippen LogP contribution in [-0.2, 0) is 13.1 Å². The lowest BCUT2D eigenvalue weighted by Gasteiger charge is -2.38. The number of hydrogen-bond donors (Lipinski definition) is 2. The van der Waals surface area contributed by atoms with Gasteiger partial charge in [-0.15, -0.1) is 11.3 Å². The molecular formula is C11H19N3S. The Morgan fingerprint density at radius 2 is 2.40 bits per heavy atom. The minimum atomic E-state index is 0.548. The average Bonchev–Trinajstić information content (AvgIpc) is 2.63. The second kappa shape index (κ2) is 4.60. The van der Waals surface area contributed by atoms with Gasteiger partial charge in [0.1, 0.15) is 5.01 Å². The highest BCUT2D eigenvalue weighted by Crippen LogP contribution is 2.39. The molecule has 0 unspecified atom stereocenters. The van der Waals surface area contributed by atoms with E-state index in [1.54, 1.807) is 11.3 Å². The Bertz CT molecular complexity index is 317. The Kier molecular flexibility index (Phi) is 3.38. The third-order valence-corrected chi connectivity index (χ3v) is 4.11. The highest BCUT2D eigenvalue weighted by molar-refractivity contribution is 7.09. The van der Waals surface area contributed by atoms with Crippen LogP contribution < -0.4 is 11.1 Å². The second-order valence-corrected chi connectivity index (χ2v) is 5.65. The smallest absolute Gasteiger partial charge is 0.106 e. The van der Waals surface area contributed by atoms with Crippen LogP contribution in [-0.4, -0.2) is 11.5 Å². The summed E-state index contributed by atoms with van der Waals surface area (Å²) in [7, 11) is 0. The third-order valence-electron chi connectivity index (χ3n) is 3.19. The van der Waals surface area contributed by atoms with E-state index in [1.165, 1.54) is 19.3 Å². The first-order chi connectivity index (χ1) is 7.22. The van der Waals surface area contributed by atoms with Gasteiger partial charge in [0, 0.05) is 25.0 Å². The van der Waals surface area contributed by atoms with E-state index in [9.17, 15) is 0 Å². The van der Waals surface area contributed by atoms with Crippen molar-refractivity contribution in [3.63, 3.8) is 0 Å². The van der Waals surface area contributed by atoms with Gasteiger partial charge in [-0.25, -0.2) is 4.98 Å². The maximum Gasteiger partial charge on any atom is 0.106 e. The molecule has 1 fully saturated rings. The summed E-state index contributed by atoms with van der Waals surface area (Å²) in [6.07, 6.45) is 4.13. The third kappa shape index (κ3) is 2.77. The SMILES string of the molecule is CC1(CNCc2csc(CN)n2)CCC1. The molecule has 1 aliphatic carbocycles. The van der Waals surface area contributed by atoms with E-state index in [1.807, 2.05) is 0 Å². The van der Waals surface area contributed by atoms with Gasteiger partial charge in [0.05, 0.1) is 5.69 Å². The van der Waals surface area contributed by atoms with Crippen LogP contribution in [0.2, 0.25) is 0 Å². The van der Waals surface area contributed by atoms with Gasteiger partial charge < -0.3 is 11.1 Å². The van der Waals surface area contributed by atoms with E-state index < -0.39 is 0 Å². The fourth-order valence-corrected chi connectivity index (χ4v) is 2.65. The summed E-state index contributed by atoms with van der Waals surface area (Å²) < 4.78 is 0. The van der Waals surface area contributed by atoms with Crippen molar-refractivity contribution in [3.05, 3.63) is 16.1 Å². The van der Waals surface area contributed by atoms with Crippen molar-refractivity contribution in [2.45, 2.75) is 39.3 Å². The minimum Gasteiger partial charge on any atom is -0.325 e. The van der Waals surface area contributed by atoms with Gasteiger partial charge in [-0.2, -0.15) is 0 Å². The molecule has 0 atom stereocenters. The minimum absolute atomic E-state index is 0.548. The Labute approximate surface area is 95.1 Å². The summed E-state index contributed by atoms with van der Waals surface area (Å²) >= 11 is 1.65. The second-order valence-electron chi connectivity index (χ2n) is 4.70. The number of aromatic nitrogens is 1. The van der Waals surface area contributed by atoms with E-state index in [2.05, 4.69) is 22.6 Å². The summed E-state index contributed by atoms with van der Waals surface area (Å²) in [6, 6.07) is 0. The standard InChI is InChI=1S/C11H19N3S/c1-11(3-2-4-11)8-13-6-9-7-15-10(5-12)14-9/h7,13H,2-6,8,12H2,1H3. The van der Waals surface area contributed by atoms with E-state index in [4.69, 9.17) is 5.73 Å². The summed E-state index contributed by atoms with van der Waals surface area (Å²) in [5.74, 6) is 0. The number of nitrogens with two attached hydrogens (primary N) is 1. The molecular weight excluding hydrogens is 206 g/mol. The molecule has 0 bridgehead atoms. The molecule has 2 rings (SSSR count). The first-order valence-corrected chi connectivity index (χ1v) is 6.44. The quantitative estimate of drug-likeness (QED) is 0.804. The lowest BCUT2D eigenvalue weighted by molar-refractivity contribution is 0.156. The topological polar surface area (TPSA) is 50.9 Å². The fraction of sp³-hybridized carbons (Fsp3) is 0.727. The summed E-state index contributed by atoms with van der Waals surface area (Å²) in [5.41, 5.74) is 7.20. The van der Waals surface area contributed by atoms with Crippen molar-refractivity contribution in [1.29, 1.82) is 0 Å². The Balaban J connectivity index is 1.73. The molecule has 0 spiro atoms. The maximum absolute atomic E-state index is 5.52. The van der Waals surface area contributed by atoms with Crippen molar-refractivity contribution in [2.75, 3.05) is 6.54 Å². The number of thiazole rings is 1. The largest absolute Gasteiger partial charge is 0.325 e. The summed E-state index contributed by atoms with van der Waals surface area (Å²) in [5, 5.41) is 6.61. The van der Waals surface area contributed by atoms with Crippen molar-refractivity contribution in [3.8, 4) is 0 Å². The Morgan fingerprint density at radius 1 is 1.60 bits per heavy atom. The van der Waals surface area contributed by atoms with Crippen molar-refractivity contribution in [2.24, 2.45) is 11.1 Å². The molecule has 1 aromatic heterocycles. The Morgan fingerprint density at radius 3 is 2.93 bits per heavy atom. The van der Waals surface area contributed by atoms with E-state index >= 15 is 0 Å². The van der Waals surface area contributed by atoms with E-state index in [0.29, 0.717) is 12.0 Å². The van der Waals surface area contributed by atoms with Gasteiger partial charge in [0.15, 0.2) is 0 Å². The monoisotopic (exact) mass is 225 g/mol. The highest BCUT2D eigenvalue weighted by Gasteiger charge is 2.30. The molecule has 15 heavy (non-hydrogen) atoms. The number of nitrogens with one attached hydrogen (secondary N) is 1. The van der Waals surface area contributed by atoms with Gasteiger partial charge in [-0.3, -0.25) is 0 Å². The predicted molar refractivity (Wildman–Crippen MR) is 63.7 cm³/mol. The first kappa shape index (κ1) is 11.0. The lowest BCUT2D eigenvalue weighted by atomic mass is 9.70. The van der Waals surface area contributed by atoms with Crippen molar-refractivity contribution in [1.82, 2.24) is 10.3 Å².